The van der Waals surface area contributed by atoms with Gasteiger partial charge in [-0.3, -0.25) is 9.59 Å². The fourth-order valence-corrected chi connectivity index (χ4v) is 4.15. The summed E-state index contributed by atoms with van der Waals surface area (Å²) in [5.41, 5.74) is 5.00. The third kappa shape index (κ3) is 3.63. The van der Waals surface area contributed by atoms with E-state index in [4.69, 9.17) is 5.73 Å². The summed E-state index contributed by atoms with van der Waals surface area (Å²) in [6.45, 7) is 0.650. The number of thiazole rings is 1. The number of primary amides is 1. The van der Waals surface area contributed by atoms with Crippen LogP contribution in [0.15, 0.2) is 42.5 Å². The van der Waals surface area contributed by atoms with Crippen molar-refractivity contribution in [2.45, 2.75) is 6.18 Å². The number of benzene rings is 2. The van der Waals surface area contributed by atoms with E-state index in [1.165, 1.54) is 12.1 Å². The number of carbonyl (C=O) groups excluding carboxylic acids is 2. The molecule has 1 saturated heterocycles. The summed E-state index contributed by atoms with van der Waals surface area (Å²) in [5.74, 6) is -1.30. The fourth-order valence-electron chi connectivity index (χ4n) is 3.14. The van der Waals surface area contributed by atoms with Crippen LogP contribution in [-0.2, 0) is 11.0 Å². The Kier molecular flexibility index (Phi) is 4.65. The van der Waals surface area contributed by atoms with Gasteiger partial charge in [-0.2, -0.15) is 13.2 Å². The number of rotatable bonds is 4. The first-order valence-corrected chi connectivity index (χ1v) is 9.47. The summed E-state index contributed by atoms with van der Waals surface area (Å²) in [4.78, 5) is 29.8. The van der Waals surface area contributed by atoms with Crippen molar-refractivity contribution in [1.29, 1.82) is 0 Å². The third-order valence-electron chi connectivity index (χ3n) is 4.69. The molecule has 1 aromatic heterocycles. The molecule has 1 aliphatic heterocycles. The highest BCUT2D eigenvalue weighted by Crippen LogP contribution is 2.39. The first kappa shape index (κ1) is 19.2. The normalized spacial score (nSPS) is 14.7. The number of anilines is 2. The number of halogens is 3. The highest BCUT2D eigenvalue weighted by atomic mass is 32.1. The molecule has 6 nitrogen and oxygen atoms in total. The number of nitrogens with one attached hydrogen (secondary N) is 1. The SMILES string of the molecule is NC(=O)c1ccccc1NC(=O)C1CN(c2nc3c(C(F)(F)F)cccc3s2)C1. The molecule has 3 N–H and O–H groups in total. The summed E-state index contributed by atoms with van der Waals surface area (Å²) in [6.07, 6.45) is -4.48. The second-order valence-electron chi connectivity index (χ2n) is 6.65. The van der Waals surface area contributed by atoms with Crippen LogP contribution >= 0.6 is 11.3 Å². The van der Waals surface area contributed by atoms with Gasteiger partial charge in [0.2, 0.25) is 5.91 Å². The van der Waals surface area contributed by atoms with Crippen LogP contribution in [0.1, 0.15) is 15.9 Å². The number of nitrogens with zero attached hydrogens (tertiary/aromatic N) is 2. The molecule has 0 unspecified atom stereocenters. The molecule has 3 aromatic rings. The molecule has 0 atom stereocenters. The second kappa shape index (κ2) is 7.03. The predicted octanol–water partition coefficient (Wildman–Crippen LogP) is 3.49. The zero-order chi connectivity index (χ0) is 20.8. The van der Waals surface area contributed by atoms with Crippen molar-refractivity contribution in [3.8, 4) is 0 Å². The maximum absolute atomic E-state index is 13.2. The van der Waals surface area contributed by atoms with Gasteiger partial charge in [-0.25, -0.2) is 4.98 Å². The minimum absolute atomic E-state index is 0.0803. The Bertz CT molecular complexity index is 1110. The van der Waals surface area contributed by atoms with Crippen molar-refractivity contribution in [2.75, 3.05) is 23.3 Å². The zero-order valence-corrected chi connectivity index (χ0v) is 15.7. The van der Waals surface area contributed by atoms with Gasteiger partial charge in [0.05, 0.1) is 32.9 Å². The Hall–Kier alpha value is -3.14. The van der Waals surface area contributed by atoms with Gasteiger partial charge in [0.25, 0.3) is 5.91 Å². The molecule has 4 rings (SSSR count). The molecule has 1 aliphatic rings. The Morgan fingerprint density at radius 2 is 1.86 bits per heavy atom. The third-order valence-corrected chi connectivity index (χ3v) is 5.77. The van der Waals surface area contributed by atoms with E-state index < -0.39 is 17.6 Å². The highest BCUT2D eigenvalue weighted by molar-refractivity contribution is 7.22. The molecular weight excluding hydrogens is 405 g/mol. The fraction of sp³-hybridized carbons (Fsp3) is 0.211. The van der Waals surface area contributed by atoms with Crippen LogP contribution in [0.2, 0.25) is 0 Å². The number of aromatic nitrogens is 1. The first-order valence-electron chi connectivity index (χ1n) is 8.65. The zero-order valence-electron chi connectivity index (χ0n) is 14.9. The minimum Gasteiger partial charge on any atom is -0.366 e. The topological polar surface area (TPSA) is 88.3 Å². The molecule has 2 aromatic carbocycles. The number of hydrogen-bond acceptors (Lipinski definition) is 5. The van der Waals surface area contributed by atoms with Crippen molar-refractivity contribution < 1.29 is 22.8 Å². The maximum Gasteiger partial charge on any atom is 0.418 e. The van der Waals surface area contributed by atoms with E-state index in [0.717, 1.165) is 17.4 Å². The molecule has 0 radical (unpaired) electrons. The van der Waals surface area contributed by atoms with Crippen LogP contribution in [0.25, 0.3) is 10.2 Å². The van der Waals surface area contributed by atoms with E-state index >= 15 is 0 Å². The Morgan fingerprint density at radius 1 is 1.14 bits per heavy atom. The van der Waals surface area contributed by atoms with Crippen LogP contribution in [0.4, 0.5) is 24.0 Å². The first-order chi connectivity index (χ1) is 13.7. The molecule has 0 aliphatic carbocycles. The van der Waals surface area contributed by atoms with Crippen LogP contribution < -0.4 is 16.0 Å². The number of carbonyl (C=O) groups is 2. The van der Waals surface area contributed by atoms with E-state index in [1.807, 2.05) is 0 Å². The number of nitrogens with two attached hydrogens (primary N) is 1. The summed E-state index contributed by atoms with van der Waals surface area (Å²) in [5, 5.41) is 3.13. The minimum atomic E-state index is -4.48. The van der Waals surface area contributed by atoms with E-state index in [0.29, 0.717) is 28.6 Å². The second-order valence-corrected chi connectivity index (χ2v) is 7.66. The highest BCUT2D eigenvalue weighted by Gasteiger charge is 2.37. The summed E-state index contributed by atoms with van der Waals surface area (Å²) < 4.78 is 39.9. The van der Waals surface area contributed by atoms with Crippen LogP contribution in [0.5, 0.6) is 0 Å². The lowest BCUT2D eigenvalue weighted by Crippen LogP contribution is -2.52. The molecule has 2 heterocycles. The summed E-state index contributed by atoms with van der Waals surface area (Å²) in [6, 6.07) is 10.4. The molecule has 2 amide bonds. The van der Waals surface area contributed by atoms with Crippen molar-refractivity contribution in [3.63, 3.8) is 0 Å². The average molecular weight is 420 g/mol. The quantitative estimate of drug-likeness (QED) is 0.676. The van der Waals surface area contributed by atoms with Crippen LogP contribution in [-0.4, -0.2) is 29.9 Å². The molecule has 150 valence electrons. The van der Waals surface area contributed by atoms with Gasteiger partial charge < -0.3 is 16.0 Å². The monoisotopic (exact) mass is 420 g/mol. The summed E-state index contributed by atoms with van der Waals surface area (Å²) >= 11 is 1.16. The van der Waals surface area contributed by atoms with E-state index in [9.17, 15) is 22.8 Å². The van der Waals surface area contributed by atoms with Gasteiger partial charge in [-0.05, 0) is 24.3 Å². The summed E-state index contributed by atoms with van der Waals surface area (Å²) in [7, 11) is 0. The Labute approximate surface area is 167 Å². The number of alkyl halides is 3. The van der Waals surface area contributed by atoms with E-state index in [-0.39, 0.29) is 22.9 Å². The van der Waals surface area contributed by atoms with Crippen molar-refractivity contribution in [1.82, 2.24) is 4.98 Å². The average Bonchev–Trinajstić information content (AvgIpc) is 3.03. The predicted molar refractivity (Wildman–Crippen MR) is 104 cm³/mol. The molecule has 1 fully saturated rings. The number of amides is 2. The standard InChI is InChI=1S/C19H15F3N4O2S/c20-19(21,22)12-5-3-7-14-15(12)25-18(29-14)26-8-10(9-26)17(28)24-13-6-2-1-4-11(13)16(23)27/h1-7,10H,8-9H2,(H2,23,27)(H,24,28). The van der Waals surface area contributed by atoms with Crippen molar-refractivity contribution in [3.05, 3.63) is 53.6 Å². The van der Waals surface area contributed by atoms with Crippen LogP contribution in [0.3, 0.4) is 0 Å². The molecular formula is C19H15F3N4O2S. The maximum atomic E-state index is 13.2. The van der Waals surface area contributed by atoms with Gasteiger partial charge in [0, 0.05) is 13.1 Å². The number of para-hydroxylation sites is 2. The molecule has 10 heteroatoms. The van der Waals surface area contributed by atoms with Gasteiger partial charge >= 0.3 is 6.18 Å². The van der Waals surface area contributed by atoms with Gasteiger partial charge in [-0.1, -0.05) is 29.5 Å². The van der Waals surface area contributed by atoms with Gasteiger partial charge in [0.15, 0.2) is 5.13 Å². The van der Waals surface area contributed by atoms with Crippen LogP contribution in [0, 0.1) is 5.92 Å². The molecule has 29 heavy (non-hydrogen) atoms. The number of fused-ring (bicyclic) bond motifs is 1. The molecule has 0 spiro atoms. The van der Waals surface area contributed by atoms with E-state index in [1.54, 1.807) is 29.2 Å². The smallest absolute Gasteiger partial charge is 0.366 e. The lowest BCUT2D eigenvalue weighted by atomic mass is 9.99. The van der Waals surface area contributed by atoms with Crippen molar-refractivity contribution in [2.24, 2.45) is 11.7 Å². The van der Waals surface area contributed by atoms with Crippen molar-refractivity contribution >= 4 is 44.2 Å². The Morgan fingerprint density at radius 3 is 2.55 bits per heavy atom. The lowest BCUT2D eigenvalue weighted by molar-refractivity contribution is -0.136. The lowest BCUT2D eigenvalue weighted by Gasteiger charge is -2.38. The van der Waals surface area contributed by atoms with E-state index in [2.05, 4.69) is 10.3 Å². The Balaban J connectivity index is 1.46. The molecule has 0 bridgehead atoms. The molecule has 0 saturated carbocycles. The number of hydrogen-bond donors (Lipinski definition) is 2. The van der Waals surface area contributed by atoms with Gasteiger partial charge in [-0.15, -0.1) is 0 Å². The largest absolute Gasteiger partial charge is 0.418 e. The van der Waals surface area contributed by atoms with Gasteiger partial charge in [0.1, 0.15) is 0 Å².